The number of halogens is 6. The molecule has 1 aliphatic rings. The lowest BCUT2D eigenvalue weighted by Gasteiger charge is -2.27. The molecule has 0 spiro atoms. The summed E-state index contributed by atoms with van der Waals surface area (Å²) in [5.74, 6) is -4.84. The number of pyridine rings is 2. The van der Waals surface area contributed by atoms with Crippen LogP contribution in [0.1, 0.15) is 23.2 Å². The normalized spacial score (nSPS) is 14.8. The van der Waals surface area contributed by atoms with Crippen LogP contribution in [0.5, 0.6) is 5.88 Å². The van der Waals surface area contributed by atoms with E-state index in [4.69, 9.17) is 24.5 Å². The summed E-state index contributed by atoms with van der Waals surface area (Å²) in [6.07, 6.45) is -5.51. The van der Waals surface area contributed by atoms with Crippen LogP contribution in [-0.2, 0) is 36.0 Å². The third kappa shape index (κ3) is 9.56. The van der Waals surface area contributed by atoms with Crippen LogP contribution in [0, 0.1) is 0 Å². The molecule has 0 saturated carbocycles. The van der Waals surface area contributed by atoms with E-state index in [1.807, 2.05) is 25.2 Å². The highest BCUT2D eigenvalue weighted by Gasteiger charge is 2.38. The van der Waals surface area contributed by atoms with Crippen molar-refractivity contribution in [2.75, 3.05) is 7.11 Å². The first kappa shape index (κ1) is 30.4. The van der Waals surface area contributed by atoms with Crippen molar-refractivity contribution >= 4 is 11.9 Å². The van der Waals surface area contributed by atoms with Gasteiger partial charge in [0, 0.05) is 43.2 Å². The van der Waals surface area contributed by atoms with Crippen molar-refractivity contribution in [1.82, 2.24) is 14.9 Å². The molecule has 0 bridgehead atoms. The highest BCUT2D eigenvalue weighted by atomic mass is 19.4. The molecule has 0 amide bonds. The lowest BCUT2D eigenvalue weighted by Crippen LogP contribution is -2.36. The molecule has 1 aliphatic carbocycles. The number of alkyl halides is 6. The summed E-state index contributed by atoms with van der Waals surface area (Å²) in [4.78, 5) is 33.7. The zero-order valence-corrected chi connectivity index (χ0v) is 19.0. The Bertz CT molecular complexity index is 1080. The van der Waals surface area contributed by atoms with E-state index in [1.54, 1.807) is 23.9 Å². The Kier molecular flexibility index (Phi) is 10.9. The molecule has 3 rings (SSSR count). The van der Waals surface area contributed by atoms with E-state index < -0.39 is 24.3 Å². The summed E-state index contributed by atoms with van der Waals surface area (Å²) in [5.41, 5.74) is 3.58. The van der Waals surface area contributed by atoms with Crippen molar-refractivity contribution in [2.24, 2.45) is 7.05 Å². The number of methoxy groups -OCH3 is 1. The molecule has 200 valence electrons. The first-order valence-electron chi connectivity index (χ1n) is 10.1. The Morgan fingerprint density at radius 2 is 1.67 bits per heavy atom. The number of nitrogens with zero attached hydrogens (tertiary/aromatic N) is 2. The van der Waals surface area contributed by atoms with E-state index in [2.05, 4.69) is 10.3 Å². The molecule has 15 heteroatoms. The predicted molar refractivity (Wildman–Crippen MR) is 113 cm³/mol. The van der Waals surface area contributed by atoms with Crippen LogP contribution in [0.3, 0.4) is 0 Å². The zero-order chi connectivity index (χ0) is 27.7. The number of aliphatic carboxylic acids is 2. The van der Waals surface area contributed by atoms with Gasteiger partial charge in [0.15, 0.2) is 0 Å². The van der Waals surface area contributed by atoms with E-state index in [0.717, 1.165) is 31.4 Å². The zero-order valence-electron chi connectivity index (χ0n) is 19.0. The third-order valence-electron chi connectivity index (χ3n) is 4.84. The average Bonchev–Trinajstić information content (AvgIpc) is 2.80. The van der Waals surface area contributed by atoms with Crippen molar-refractivity contribution in [3.8, 4) is 5.88 Å². The summed E-state index contributed by atoms with van der Waals surface area (Å²) in [6.45, 7) is 0.739. The van der Waals surface area contributed by atoms with Crippen molar-refractivity contribution in [3.63, 3.8) is 0 Å². The fraction of sp³-hybridized carbons (Fsp3) is 0.429. The molecule has 1 unspecified atom stereocenters. The lowest BCUT2D eigenvalue weighted by atomic mass is 9.91. The van der Waals surface area contributed by atoms with Gasteiger partial charge in [0.1, 0.15) is 0 Å². The second-order valence-corrected chi connectivity index (χ2v) is 7.30. The van der Waals surface area contributed by atoms with Crippen LogP contribution in [0.15, 0.2) is 35.3 Å². The Morgan fingerprint density at radius 1 is 1.11 bits per heavy atom. The fourth-order valence-corrected chi connectivity index (χ4v) is 3.09. The Balaban J connectivity index is 0.000000383. The van der Waals surface area contributed by atoms with Gasteiger partial charge in [-0.15, -0.1) is 0 Å². The fourth-order valence-electron chi connectivity index (χ4n) is 3.09. The van der Waals surface area contributed by atoms with Crippen LogP contribution < -0.4 is 15.6 Å². The highest BCUT2D eigenvalue weighted by Crippen LogP contribution is 2.21. The molecule has 2 heterocycles. The number of rotatable bonds is 4. The summed E-state index contributed by atoms with van der Waals surface area (Å²) >= 11 is 0. The van der Waals surface area contributed by atoms with E-state index in [0.29, 0.717) is 11.9 Å². The molecule has 0 radical (unpaired) electrons. The maximum atomic E-state index is 11.7. The van der Waals surface area contributed by atoms with Gasteiger partial charge < -0.3 is 24.8 Å². The topological polar surface area (TPSA) is 131 Å². The van der Waals surface area contributed by atoms with Gasteiger partial charge in [-0.3, -0.25) is 4.79 Å². The maximum Gasteiger partial charge on any atom is 0.490 e. The van der Waals surface area contributed by atoms with Crippen molar-refractivity contribution in [2.45, 2.75) is 44.2 Å². The number of carboxylic acid groups (broad SMARTS) is 2. The van der Waals surface area contributed by atoms with Crippen molar-refractivity contribution < 1.29 is 50.9 Å². The van der Waals surface area contributed by atoms with Crippen LogP contribution in [0.4, 0.5) is 26.3 Å². The molecular weight excluding hydrogens is 504 g/mol. The minimum atomic E-state index is -5.08. The van der Waals surface area contributed by atoms with Gasteiger partial charge >= 0.3 is 24.3 Å². The predicted octanol–water partition coefficient (Wildman–Crippen LogP) is 2.70. The lowest BCUT2D eigenvalue weighted by molar-refractivity contribution is -0.193. The molecule has 3 N–H and O–H groups in total. The van der Waals surface area contributed by atoms with E-state index in [-0.39, 0.29) is 5.56 Å². The maximum absolute atomic E-state index is 11.7. The van der Waals surface area contributed by atoms with Crippen molar-refractivity contribution in [1.29, 1.82) is 0 Å². The van der Waals surface area contributed by atoms with Gasteiger partial charge in [-0.2, -0.15) is 26.3 Å². The molecule has 1 atom stereocenters. The molecule has 0 fully saturated rings. The number of nitrogens with one attached hydrogen (secondary N) is 1. The monoisotopic (exact) mass is 527 g/mol. The summed E-state index contributed by atoms with van der Waals surface area (Å²) in [5, 5.41) is 17.8. The van der Waals surface area contributed by atoms with Crippen LogP contribution >= 0.6 is 0 Å². The van der Waals surface area contributed by atoms with Gasteiger partial charge in [0.05, 0.1) is 7.11 Å². The smallest absolute Gasteiger partial charge is 0.481 e. The van der Waals surface area contributed by atoms with Crippen LogP contribution in [-0.4, -0.2) is 57.2 Å². The number of hydrogen-bond donors (Lipinski definition) is 3. The molecule has 0 aliphatic heterocycles. The average molecular weight is 527 g/mol. The summed E-state index contributed by atoms with van der Waals surface area (Å²) < 4.78 is 70.5. The molecule has 0 aromatic carbocycles. The van der Waals surface area contributed by atoms with Gasteiger partial charge in [-0.05, 0) is 30.9 Å². The second kappa shape index (κ2) is 12.9. The number of aromatic nitrogens is 2. The third-order valence-corrected chi connectivity index (χ3v) is 4.84. The standard InChI is InChI=1S/C17H21N3O2.2C2HF3O2/c1-20-15-7-6-14(10-12(15)5-8-16(20)21)19-11-13-4-3-9-18-17(13)22-2;2*3-2(4,5)1(6)7/h3-5,8-9,14,19H,6-7,10-11H2,1-2H3;2*(H,6,7). The van der Waals surface area contributed by atoms with Gasteiger partial charge in [-0.1, -0.05) is 12.1 Å². The first-order chi connectivity index (χ1) is 16.6. The number of fused-ring (bicyclic) bond motifs is 1. The molecule has 9 nitrogen and oxygen atoms in total. The molecule has 2 aromatic rings. The largest absolute Gasteiger partial charge is 0.490 e. The Morgan fingerprint density at radius 3 is 2.17 bits per heavy atom. The second-order valence-electron chi connectivity index (χ2n) is 7.30. The summed E-state index contributed by atoms with van der Waals surface area (Å²) in [7, 11) is 3.50. The Labute approximate surface area is 200 Å². The van der Waals surface area contributed by atoms with E-state index in [1.165, 1.54) is 11.3 Å². The number of ether oxygens (including phenoxy) is 1. The Hall–Kier alpha value is -3.62. The molecule has 2 aromatic heterocycles. The van der Waals surface area contributed by atoms with Crippen LogP contribution in [0.2, 0.25) is 0 Å². The quantitative estimate of drug-likeness (QED) is 0.518. The number of carboxylic acids is 2. The van der Waals surface area contributed by atoms with Gasteiger partial charge in [0.2, 0.25) is 11.4 Å². The van der Waals surface area contributed by atoms with Crippen molar-refractivity contribution in [3.05, 3.63) is 57.6 Å². The summed E-state index contributed by atoms with van der Waals surface area (Å²) in [6, 6.07) is 7.99. The van der Waals surface area contributed by atoms with Crippen LogP contribution in [0.25, 0.3) is 0 Å². The highest BCUT2D eigenvalue weighted by molar-refractivity contribution is 5.73. The minimum Gasteiger partial charge on any atom is -0.481 e. The van der Waals surface area contributed by atoms with Gasteiger partial charge in [0.25, 0.3) is 0 Å². The van der Waals surface area contributed by atoms with E-state index >= 15 is 0 Å². The minimum absolute atomic E-state index is 0.0743. The van der Waals surface area contributed by atoms with Gasteiger partial charge in [-0.25, -0.2) is 14.6 Å². The number of carbonyl (C=O) groups is 2. The molecule has 0 saturated heterocycles. The first-order valence-corrected chi connectivity index (χ1v) is 10.1. The molecular formula is C21H23F6N3O6. The number of hydrogen-bond acceptors (Lipinski definition) is 6. The SMILES string of the molecule is COc1ncccc1CNC1CCc2c(ccc(=O)n2C)C1.O=C(O)C(F)(F)F.O=C(O)C(F)(F)F. The molecule has 36 heavy (non-hydrogen) atoms. The van der Waals surface area contributed by atoms with E-state index in [9.17, 15) is 31.1 Å².